The van der Waals surface area contributed by atoms with E-state index >= 15 is 0 Å². The number of aliphatic imine (C=N–C) groups is 1. The van der Waals surface area contributed by atoms with Gasteiger partial charge in [-0.2, -0.15) is 0 Å². The summed E-state index contributed by atoms with van der Waals surface area (Å²) in [5.41, 5.74) is 6.72. The average Bonchev–Trinajstić information content (AvgIpc) is 3.59. The molecular weight excluding hydrogens is 374 g/mol. The van der Waals surface area contributed by atoms with E-state index in [-0.39, 0.29) is 23.0 Å². The summed E-state index contributed by atoms with van der Waals surface area (Å²) in [6.07, 6.45) is 9.13. The normalized spacial score (nSPS) is 14.3. The van der Waals surface area contributed by atoms with Crippen LogP contribution in [0.2, 0.25) is 0 Å². The summed E-state index contributed by atoms with van der Waals surface area (Å²) >= 11 is 0. The third-order valence-corrected chi connectivity index (χ3v) is 4.14. The Morgan fingerprint density at radius 2 is 1.97 bits per heavy atom. The second-order valence-corrected chi connectivity index (χ2v) is 6.20. The molecule has 0 atom stereocenters. The molecule has 0 bridgehead atoms. The van der Waals surface area contributed by atoms with Crippen LogP contribution in [0.1, 0.15) is 35.1 Å². The van der Waals surface area contributed by atoms with E-state index in [2.05, 4.69) is 40.9 Å². The Kier molecular flexibility index (Phi) is 6.07. The quantitative estimate of drug-likeness (QED) is 0.485. The van der Waals surface area contributed by atoms with Crippen molar-refractivity contribution in [2.24, 2.45) is 10.7 Å². The smallest absolute Gasteiger partial charge is 0.276 e. The number of anilines is 2. The number of carbonyl (C=O) groups is 2. The Hall–Kier alpha value is -3.89. The molecule has 3 rings (SSSR count). The van der Waals surface area contributed by atoms with Gasteiger partial charge < -0.3 is 21.7 Å². The topological polar surface area (TPSA) is 160 Å². The highest BCUT2D eigenvalue weighted by atomic mass is 16.2. The van der Waals surface area contributed by atoms with E-state index < -0.39 is 11.8 Å². The molecule has 2 heterocycles. The first-order valence-electron chi connectivity index (χ1n) is 8.88. The number of aromatic nitrogens is 4. The molecule has 0 unspecified atom stereocenters. The predicted molar refractivity (Wildman–Crippen MR) is 106 cm³/mol. The molecule has 11 heteroatoms. The zero-order valence-electron chi connectivity index (χ0n) is 16.0. The molecule has 11 nitrogen and oxygen atoms in total. The van der Waals surface area contributed by atoms with Crippen LogP contribution in [0.3, 0.4) is 0 Å². The lowest BCUT2D eigenvalue weighted by atomic mass is 10.2. The fraction of sp³-hybridized carbons (Fsp3) is 0.278. The highest BCUT2D eigenvalue weighted by Gasteiger charge is 2.29. The van der Waals surface area contributed by atoms with Crippen LogP contribution in [-0.2, 0) is 4.79 Å². The number of hydrogen-bond acceptors (Lipinski definition) is 9. The Morgan fingerprint density at radius 3 is 2.55 bits per heavy atom. The Labute approximate surface area is 167 Å². The van der Waals surface area contributed by atoms with Crippen molar-refractivity contribution in [2.45, 2.75) is 18.8 Å². The van der Waals surface area contributed by atoms with Gasteiger partial charge in [-0.05, 0) is 12.8 Å². The SMILES string of the molecule is CN=C(C(=O)NC)C(=CN)NC(=O)c1nc(C2CC2)ncc1Nc1cncnc1. The van der Waals surface area contributed by atoms with E-state index in [4.69, 9.17) is 5.73 Å². The lowest BCUT2D eigenvalue weighted by Gasteiger charge is -2.14. The first-order chi connectivity index (χ1) is 14.1. The van der Waals surface area contributed by atoms with Gasteiger partial charge in [-0.25, -0.2) is 19.9 Å². The first kappa shape index (κ1) is 19.9. The molecule has 1 saturated carbocycles. The standard InChI is InChI=1S/C18H21N9O2/c1-20-14(17(28)21-2)12(5-19)26-18(29)15-13(25-11-6-22-9-23-7-11)8-24-16(27-15)10-3-4-10/h5-10,25H,3-4,19H2,1-2H3,(H,21,28)(H,26,29). The maximum Gasteiger partial charge on any atom is 0.276 e. The molecule has 5 N–H and O–H groups in total. The third kappa shape index (κ3) is 4.69. The van der Waals surface area contributed by atoms with Gasteiger partial charge in [-0.15, -0.1) is 0 Å². The Morgan fingerprint density at radius 1 is 1.24 bits per heavy atom. The Balaban J connectivity index is 1.91. The minimum atomic E-state index is -0.560. The van der Waals surface area contributed by atoms with Crippen molar-refractivity contribution in [3.8, 4) is 0 Å². The second-order valence-electron chi connectivity index (χ2n) is 6.20. The monoisotopic (exact) mass is 395 g/mol. The summed E-state index contributed by atoms with van der Waals surface area (Å²) < 4.78 is 0. The minimum Gasteiger partial charge on any atom is -0.403 e. The molecule has 150 valence electrons. The Bertz CT molecular complexity index is 969. The molecule has 2 aromatic heterocycles. The van der Waals surface area contributed by atoms with Gasteiger partial charge in [-0.1, -0.05) is 0 Å². The largest absolute Gasteiger partial charge is 0.403 e. The molecular formula is C18H21N9O2. The van der Waals surface area contributed by atoms with E-state index in [0.717, 1.165) is 19.0 Å². The van der Waals surface area contributed by atoms with Gasteiger partial charge in [-0.3, -0.25) is 14.6 Å². The first-order valence-corrected chi connectivity index (χ1v) is 8.88. The predicted octanol–water partition coefficient (Wildman–Crippen LogP) is 0.234. The van der Waals surface area contributed by atoms with Crippen molar-refractivity contribution in [1.82, 2.24) is 30.6 Å². The maximum atomic E-state index is 13.0. The summed E-state index contributed by atoms with van der Waals surface area (Å²) in [4.78, 5) is 45.5. The molecule has 0 aliphatic heterocycles. The van der Waals surface area contributed by atoms with Crippen LogP contribution < -0.4 is 21.7 Å². The van der Waals surface area contributed by atoms with Crippen LogP contribution in [0, 0.1) is 0 Å². The van der Waals surface area contributed by atoms with Crippen LogP contribution in [0.15, 0.2) is 41.8 Å². The fourth-order valence-electron chi connectivity index (χ4n) is 2.54. The summed E-state index contributed by atoms with van der Waals surface area (Å²) in [6.45, 7) is 0. The number of nitrogens with two attached hydrogens (primary N) is 1. The van der Waals surface area contributed by atoms with E-state index in [1.165, 1.54) is 20.4 Å². The fourth-order valence-corrected chi connectivity index (χ4v) is 2.54. The van der Waals surface area contributed by atoms with Crippen LogP contribution >= 0.6 is 0 Å². The van der Waals surface area contributed by atoms with Crippen LogP contribution in [-0.4, -0.2) is 51.6 Å². The molecule has 0 spiro atoms. The van der Waals surface area contributed by atoms with Gasteiger partial charge in [0.1, 0.15) is 17.9 Å². The molecule has 2 amide bonds. The molecule has 0 saturated heterocycles. The van der Waals surface area contributed by atoms with E-state index in [1.54, 1.807) is 18.6 Å². The molecule has 0 radical (unpaired) electrons. The zero-order valence-corrected chi connectivity index (χ0v) is 16.0. The zero-order chi connectivity index (χ0) is 20.8. The highest BCUT2D eigenvalue weighted by molar-refractivity contribution is 6.45. The third-order valence-electron chi connectivity index (χ3n) is 4.14. The molecule has 1 aliphatic carbocycles. The second kappa shape index (κ2) is 8.87. The van der Waals surface area contributed by atoms with Gasteiger partial charge in [0.05, 0.1) is 35.7 Å². The number of nitrogens with zero attached hydrogens (tertiary/aromatic N) is 5. The molecule has 1 fully saturated rings. The van der Waals surface area contributed by atoms with Crippen molar-refractivity contribution in [1.29, 1.82) is 0 Å². The van der Waals surface area contributed by atoms with E-state index in [0.29, 0.717) is 17.2 Å². The van der Waals surface area contributed by atoms with Crippen molar-refractivity contribution in [2.75, 3.05) is 19.4 Å². The van der Waals surface area contributed by atoms with Crippen LogP contribution in [0.4, 0.5) is 11.4 Å². The minimum absolute atomic E-state index is 0.00853. The summed E-state index contributed by atoms with van der Waals surface area (Å²) in [6, 6.07) is 0. The number of carbonyl (C=O) groups excluding carboxylic acids is 2. The lowest BCUT2D eigenvalue weighted by Crippen LogP contribution is -2.37. The number of rotatable bonds is 7. The van der Waals surface area contributed by atoms with Crippen molar-refractivity contribution in [3.63, 3.8) is 0 Å². The van der Waals surface area contributed by atoms with Gasteiger partial charge in [0.2, 0.25) is 0 Å². The van der Waals surface area contributed by atoms with Gasteiger partial charge >= 0.3 is 0 Å². The average molecular weight is 395 g/mol. The number of hydrogen-bond donors (Lipinski definition) is 4. The molecule has 29 heavy (non-hydrogen) atoms. The summed E-state index contributed by atoms with van der Waals surface area (Å²) in [7, 11) is 2.89. The van der Waals surface area contributed by atoms with Crippen molar-refractivity contribution in [3.05, 3.63) is 48.3 Å². The molecule has 0 aromatic carbocycles. The molecule has 2 aromatic rings. The van der Waals surface area contributed by atoms with Crippen molar-refractivity contribution >= 4 is 28.9 Å². The number of amides is 2. The summed E-state index contributed by atoms with van der Waals surface area (Å²) in [5, 5.41) is 8.09. The highest BCUT2D eigenvalue weighted by Crippen LogP contribution is 2.38. The summed E-state index contributed by atoms with van der Waals surface area (Å²) in [5.74, 6) is -0.196. The lowest BCUT2D eigenvalue weighted by molar-refractivity contribution is -0.114. The molecule has 1 aliphatic rings. The van der Waals surface area contributed by atoms with E-state index in [9.17, 15) is 9.59 Å². The van der Waals surface area contributed by atoms with Crippen LogP contribution in [0.5, 0.6) is 0 Å². The van der Waals surface area contributed by atoms with Crippen LogP contribution in [0.25, 0.3) is 0 Å². The van der Waals surface area contributed by atoms with Gasteiger partial charge in [0.15, 0.2) is 5.69 Å². The van der Waals surface area contributed by atoms with Gasteiger partial charge in [0, 0.05) is 26.2 Å². The van der Waals surface area contributed by atoms with E-state index in [1.807, 2.05) is 0 Å². The van der Waals surface area contributed by atoms with Crippen molar-refractivity contribution < 1.29 is 9.59 Å². The van der Waals surface area contributed by atoms with Gasteiger partial charge in [0.25, 0.3) is 11.8 Å². The maximum absolute atomic E-state index is 13.0. The number of nitrogens with one attached hydrogen (secondary N) is 3.